The molecule has 1 amide bonds. The number of likely N-dealkylation sites (tertiary alicyclic amines) is 1. The van der Waals surface area contributed by atoms with E-state index in [1.807, 2.05) is 35.8 Å². The molecule has 0 saturated carbocycles. The second kappa shape index (κ2) is 10.9. The maximum absolute atomic E-state index is 12.8. The lowest BCUT2D eigenvalue weighted by atomic mass is 9.95. The van der Waals surface area contributed by atoms with Gasteiger partial charge < -0.3 is 14.6 Å². The van der Waals surface area contributed by atoms with Gasteiger partial charge in [-0.25, -0.2) is 9.78 Å². The number of amides is 1. The van der Waals surface area contributed by atoms with E-state index in [2.05, 4.69) is 22.1 Å². The monoisotopic (exact) mass is 482 g/mol. The molecule has 0 bridgehead atoms. The summed E-state index contributed by atoms with van der Waals surface area (Å²) >= 11 is 0. The van der Waals surface area contributed by atoms with Gasteiger partial charge >= 0.3 is 5.69 Å². The van der Waals surface area contributed by atoms with Crippen LogP contribution in [0.2, 0.25) is 0 Å². The summed E-state index contributed by atoms with van der Waals surface area (Å²) in [7, 11) is 1.59. The van der Waals surface area contributed by atoms with E-state index in [1.54, 1.807) is 11.7 Å². The minimum Gasteiger partial charge on any atom is -0.495 e. The van der Waals surface area contributed by atoms with Crippen LogP contribution in [0.5, 0.6) is 5.75 Å². The Balaban J connectivity index is 1.47. The first-order chi connectivity index (χ1) is 17.0. The zero-order valence-electron chi connectivity index (χ0n) is 20.7. The highest BCUT2D eigenvalue weighted by Crippen LogP contribution is 2.26. The fourth-order valence-electron chi connectivity index (χ4n) is 4.74. The number of ether oxygens (including phenoxy) is 1. The van der Waals surface area contributed by atoms with Gasteiger partial charge in [0.25, 0.3) is 5.56 Å². The number of aromatic amines is 1. The number of para-hydroxylation sites is 2. The Kier molecular flexibility index (Phi) is 7.70. The first-order valence-electron chi connectivity index (χ1n) is 12.3. The quantitative estimate of drug-likeness (QED) is 0.485. The molecular formula is C25H34N6O4. The van der Waals surface area contributed by atoms with E-state index in [1.165, 1.54) is 0 Å². The highest BCUT2D eigenvalue weighted by atomic mass is 16.5. The number of rotatable bonds is 9. The van der Waals surface area contributed by atoms with Crippen molar-refractivity contribution in [1.82, 2.24) is 24.0 Å². The fraction of sp³-hybridized carbons (Fsp3) is 0.520. The zero-order valence-corrected chi connectivity index (χ0v) is 20.7. The Labute approximate surface area is 203 Å². The van der Waals surface area contributed by atoms with Crippen LogP contribution in [0, 0.1) is 5.92 Å². The Morgan fingerprint density at radius 2 is 1.91 bits per heavy atom. The van der Waals surface area contributed by atoms with E-state index in [-0.39, 0.29) is 11.8 Å². The summed E-state index contributed by atoms with van der Waals surface area (Å²) in [5, 5.41) is 3.00. The second-order valence-corrected chi connectivity index (χ2v) is 8.95. The number of nitrogens with zero attached hydrogens (tertiary/aromatic N) is 4. The molecule has 2 N–H and O–H groups in total. The topological polar surface area (TPSA) is 114 Å². The molecule has 0 aliphatic carbocycles. The molecule has 0 radical (unpaired) electrons. The van der Waals surface area contributed by atoms with Gasteiger partial charge in [0, 0.05) is 19.0 Å². The van der Waals surface area contributed by atoms with Gasteiger partial charge in [-0.05, 0) is 51.4 Å². The second-order valence-electron chi connectivity index (χ2n) is 8.95. The number of aryl methyl sites for hydroxylation is 2. The number of hydrogen-bond donors (Lipinski definition) is 2. The average Bonchev–Trinajstić information content (AvgIpc) is 3.23. The lowest BCUT2D eigenvalue weighted by Crippen LogP contribution is -2.38. The molecule has 10 heteroatoms. The SMILES string of the molecule is CCCCn1c(=O)[nH]c(=O)c2c1nc(CN1CCC(C(=O)Nc3ccccc3OC)CC1)n2CC. The maximum Gasteiger partial charge on any atom is 0.330 e. The van der Waals surface area contributed by atoms with Crippen molar-refractivity contribution in [3.05, 3.63) is 50.9 Å². The lowest BCUT2D eigenvalue weighted by Gasteiger charge is -2.31. The summed E-state index contributed by atoms with van der Waals surface area (Å²) in [5.74, 6) is 1.33. The van der Waals surface area contributed by atoms with Gasteiger partial charge in [0.15, 0.2) is 11.2 Å². The average molecular weight is 483 g/mol. The van der Waals surface area contributed by atoms with Crippen molar-refractivity contribution in [3.63, 3.8) is 0 Å². The molecule has 1 aromatic carbocycles. The molecule has 188 valence electrons. The highest BCUT2D eigenvalue weighted by molar-refractivity contribution is 5.94. The Bertz CT molecular complexity index is 1300. The smallest absolute Gasteiger partial charge is 0.330 e. The first kappa shape index (κ1) is 24.7. The van der Waals surface area contributed by atoms with Crippen molar-refractivity contribution in [2.24, 2.45) is 5.92 Å². The minimum atomic E-state index is -0.412. The van der Waals surface area contributed by atoms with Crippen molar-refractivity contribution in [3.8, 4) is 5.75 Å². The lowest BCUT2D eigenvalue weighted by molar-refractivity contribution is -0.121. The normalized spacial score (nSPS) is 14.9. The molecule has 1 aliphatic heterocycles. The number of fused-ring (bicyclic) bond motifs is 1. The third-order valence-corrected chi connectivity index (χ3v) is 6.70. The van der Waals surface area contributed by atoms with E-state index >= 15 is 0 Å². The number of anilines is 1. The van der Waals surface area contributed by atoms with Crippen LogP contribution in [0.3, 0.4) is 0 Å². The van der Waals surface area contributed by atoms with Crippen LogP contribution in [0.1, 0.15) is 45.4 Å². The summed E-state index contributed by atoms with van der Waals surface area (Å²) < 4.78 is 8.80. The number of benzene rings is 1. The molecule has 3 heterocycles. The predicted molar refractivity (Wildman–Crippen MR) is 135 cm³/mol. The molecule has 0 atom stereocenters. The Hall–Kier alpha value is -3.40. The number of methoxy groups -OCH3 is 1. The molecule has 0 spiro atoms. The van der Waals surface area contributed by atoms with Crippen molar-refractivity contribution in [1.29, 1.82) is 0 Å². The van der Waals surface area contributed by atoms with Crippen LogP contribution in [-0.4, -0.2) is 50.1 Å². The number of H-pyrrole nitrogens is 1. The zero-order chi connectivity index (χ0) is 24.9. The van der Waals surface area contributed by atoms with Crippen LogP contribution < -0.4 is 21.3 Å². The molecule has 35 heavy (non-hydrogen) atoms. The Morgan fingerprint density at radius 1 is 1.17 bits per heavy atom. The van der Waals surface area contributed by atoms with E-state index in [9.17, 15) is 14.4 Å². The summed E-state index contributed by atoms with van der Waals surface area (Å²) in [6.07, 6.45) is 3.23. The van der Waals surface area contributed by atoms with Gasteiger partial charge in [0.2, 0.25) is 5.91 Å². The summed E-state index contributed by atoms with van der Waals surface area (Å²) in [6, 6.07) is 7.40. The number of imidazole rings is 1. The molecular weight excluding hydrogens is 448 g/mol. The molecule has 1 fully saturated rings. The number of carbonyl (C=O) groups is 1. The predicted octanol–water partition coefficient (Wildman–Crippen LogP) is 2.57. The van der Waals surface area contributed by atoms with Crippen LogP contribution in [0.15, 0.2) is 33.9 Å². The molecule has 1 aliphatic rings. The van der Waals surface area contributed by atoms with Gasteiger partial charge in [-0.2, -0.15) is 0 Å². The van der Waals surface area contributed by atoms with Crippen LogP contribution in [0.25, 0.3) is 11.2 Å². The van der Waals surface area contributed by atoms with E-state index in [0.717, 1.165) is 44.6 Å². The first-order valence-corrected chi connectivity index (χ1v) is 12.3. The molecule has 2 aromatic heterocycles. The van der Waals surface area contributed by atoms with Crippen molar-refractivity contribution in [2.75, 3.05) is 25.5 Å². The maximum atomic E-state index is 12.8. The van der Waals surface area contributed by atoms with Crippen LogP contribution in [-0.2, 0) is 24.4 Å². The molecule has 4 rings (SSSR count). The third-order valence-electron chi connectivity index (χ3n) is 6.70. The largest absolute Gasteiger partial charge is 0.495 e. The van der Waals surface area contributed by atoms with Gasteiger partial charge in [-0.3, -0.25) is 24.0 Å². The van der Waals surface area contributed by atoms with Crippen LogP contribution in [0.4, 0.5) is 5.69 Å². The van der Waals surface area contributed by atoms with Crippen LogP contribution >= 0.6 is 0 Å². The minimum absolute atomic E-state index is 0.00132. The highest BCUT2D eigenvalue weighted by Gasteiger charge is 2.27. The number of aromatic nitrogens is 4. The number of carbonyl (C=O) groups excluding carboxylic acids is 1. The number of nitrogens with one attached hydrogen (secondary N) is 2. The summed E-state index contributed by atoms with van der Waals surface area (Å²) in [6.45, 7) is 7.19. The third kappa shape index (κ3) is 5.17. The number of piperidine rings is 1. The van der Waals surface area contributed by atoms with Gasteiger partial charge in [0.1, 0.15) is 11.6 Å². The molecule has 3 aromatic rings. The standard InChI is InChI=1S/C25H34N6O4/c1-4-6-13-31-22-21(24(33)28-25(31)34)30(5-2)20(27-22)16-29-14-11-17(12-15-29)23(32)26-18-9-7-8-10-19(18)35-3/h7-10,17H,4-6,11-16H2,1-3H3,(H,26,32)(H,28,33,34). The van der Waals surface area contributed by atoms with Crippen molar-refractivity contribution in [2.45, 2.75) is 59.2 Å². The van der Waals surface area contributed by atoms with Gasteiger partial charge in [-0.15, -0.1) is 0 Å². The number of hydrogen-bond acceptors (Lipinski definition) is 6. The van der Waals surface area contributed by atoms with Crippen molar-refractivity contribution < 1.29 is 9.53 Å². The van der Waals surface area contributed by atoms with E-state index in [0.29, 0.717) is 42.2 Å². The molecule has 0 unspecified atom stereocenters. The van der Waals surface area contributed by atoms with E-state index in [4.69, 9.17) is 9.72 Å². The molecule has 10 nitrogen and oxygen atoms in total. The van der Waals surface area contributed by atoms with Gasteiger partial charge in [-0.1, -0.05) is 25.5 Å². The van der Waals surface area contributed by atoms with E-state index < -0.39 is 11.2 Å². The van der Waals surface area contributed by atoms with Gasteiger partial charge in [0.05, 0.1) is 19.3 Å². The summed E-state index contributed by atoms with van der Waals surface area (Å²) in [4.78, 5) is 47.4. The van der Waals surface area contributed by atoms with Crippen molar-refractivity contribution >= 4 is 22.8 Å². The Morgan fingerprint density at radius 3 is 2.60 bits per heavy atom. The number of unbranched alkanes of at least 4 members (excludes halogenated alkanes) is 1. The fourth-order valence-corrected chi connectivity index (χ4v) is 4.74. The molecule has 1 saturated heterocycles. The summed E-state index contributed by atoms with van der Waals surface area (Å²) in [5.41, 5.74) is 0.771.